The van der Waals surface area contributed by atoms with Crippen LogP contribution in [0, 0.1) is 0 Å². The molecule has 20 heavy (non-hydrogen) atoms. The van der Waals surface area contributed by atoms with Crippen molar-refractivity contribution < 1.29 is 9.53 Å². The van der Waals surface area contributed by atoms with Gasteiger partial charge in [0, 0.05) is 18.8 Å². The van der Waals surface area contributed by atoms with Crippen LogP contribution in [0.15, 0.2) is 23.3 Å². The molecule has 0 unspecified atom stereocenters. The first kappa shape index (κ1) is 14.4. The minimum atomic E-state index is -0.0112. The molecule has 0 atom stereocenters. The predicted molar refractivity (Wildman–Crippen MR) is 75.7 cm³/mol. The van der Waals surface area contributed by atoms with Gasteiger partial charge in [0.15, 0.2) is 11.7 Å². The lowest BCUT2D eigenvalue weighted by Gasteiger charge is -2.25. The van der Waals surface area contributed by atoms with Gasteiger partial charge in [-0.15, -0.1) is 0 Å². The smallest absolute Gasteiger partial charge is 0.191 e. The predicted octanol–water partition coefficient (Wildman–Crippen LogP) is -0.570. The van der Waals surface area contributed by atoms with Gasteiger partial charge in [-0.25, -0.2) is 4.99 Å². The van der Waals surface area contributed by atoms with Crippen LogP contribution in [0.4, 0.5) is 5.69 Å². The third-order valence-electron chi connectivity index (χ3n) is 2.95. The maximum atomic E-state index is 12.0. The number of Topliss-reactive ketones (excluding diaryl/α,β-unsaturated/α-hetero) is 1. The van der Waals surface area contributed by atoms with Gasteiger partial charge in [-0.3, -0.25) is 14.7 Å². The van der Waals surface area contributed by atoms with Gasteiger partial charge in [0.05, 0.1) is 38.1 Å². The Hall–Kier alpha value is -1.99. The number of hydrogen-bond acceptors (Lipinski definition) is 5. The third kappa shape index (κ3) is 4.60. The summed E-state index contributed by atoms with van der Waals surface area (Å²) < 4.78 is 5.25. The summed E-state index contributed by atoms with van der Waals surface area (Å²) in [6.45, 7) is 3.45. The molecule has 1 aliphatic heterocycles. The maximum absolute atomic E-state index is 12.0. The second-order valence-corrected chi connectivity index (χ2v) is 4.65. The number of aromatic nitrogens is 1. The minimum absolute atomic E-state index is 0.0112. The van der Waals surface area contributed by atoms with Crippen LogP contribution in [-0.4, -0.2) is 54.5 Å². The highest BCUT2D eigenvalue weighted by Gasteiger charge is 2.14. The Kier molecular flexibility index (Phi) is 5.03. The van der Waals surface area contributed by atoms with Gasteiger partial charge < -0.3 is 16.2 Å². The number of morpholine rings is 1. The Balaban J connectivity index is 1.86. The number of ether oxygens (including phenoxy) is 1. The zero-order valence-electron chi connectivity index (χ0n) is 11.3. The summed E-state index contributed by atoms with van der Waals surface area (Å²) >= 11 is 0. The number of nitrogens with two attached hydrogens (primary N) is 2. The number of hydrogen-bond donors (Lipinski definition) is 2. The number of carbonyl (C=O) groups is 1. The lowest BCUT2D eigenvalue weighted by atomic mass is 10.2. The molecule has 4 N–H and O–H groups in total. The van der Waals surface area contributed by atoms with Crippen molar-refractivity contribution in [2.45, 2.75) is 6.42 Å². The van der Waals surface area contributed by atoms with E-state index in [9.17, 15) is 4.79 Å². The van der Waals surface area contributed by atoms with Gasteiger partial charge in [0.2, 0.25) is 0 Å². The molecular formula is C13H19N5O2. The molecule has 0 amide bonds. The summed E-state index contributed by atoms with van der Waals surface area (Å²) in [7, 11) is 0. The molecule has 1 aromatic rings. The van der Waals surface area contributed by atoms with Crippen molar-refractivity contribution >= 4 is 17.4 Å². The van der Waals surface area contributed by atoms with Gasteiger partial charge in [-0.2, -0.15) is 0 Å². The average molecular weight is 277 g/mol. The first-order valence-corrected chi connectivity index (χ1v) is 6.50. The fourth-order valence-corrected chi connectivity index (χ4v) is 2.00. The average Bonchev–Trinajstić information content (AvgIpc) is 2.41. The molecule has 1 aliphatic rings. The van der Waals surface area contributed by atoms with Crippen molar-refractivity contribution in [1.29, 1.82) is 0 Å². The monoisotopic (exact) mass is 277 g/mol. The summed E-state index contributed by atoms with van der Waals surface area (Å²) in [5.74, 6) is 0.136. The molecule has 0 aliphatic carbocycles. The molecule has 0 spiro atoms. The Morgan fingerprint density at radius 3 is 2.70 bits per heavy atom. The lowest BCUT2D eigenvalue weighted by Crippen LogP contribution is -2.39. The van der Waals surface area contributed by atoms with Crippen LogP contribution in [0.3, 0.4) is 0 Å². The van der Waals surface area contributed by atoms with Gasteiger partial charge in [0.25, 0.3) is 0 Å². The largest absolute Gasteiger partial charge is 0.379 e. The van der Waals surface area contributed by atoms with Gasteiger partial charge in [-0.1, -0.05) is 0 Å². The maximum Gasteiger partial charge on any atom is 0.191 e. The molecule has 2 heterocycles. The Morgan fingerprint density at radius 2 is 2.10 bits per heavy atom. The van der Waals surface area contributed by atoms with E-state index in [1.54, 1.807) is 18.3 Å². The number of carbonyl (C=O) groups excluding carboxylic acids is 1. The van der Waals surface area contributed by atoms with E-state index in [0.29, 0.717) is 31.9 Å². The molecule has 0 bridgehead atoms. The van der Waals surface area contributed by atoms with Crippen LogP contribution in [0.2, 0.25) is 0 Å². The van der Waals surface area contributed by atoms with E-state index in [0.717, 1.165) is 18.8 Å². The number of guanidine groups is 1. The third-order valence-corrected chi connectivity index (χ3v) is 2.95. The second kappa shape index (κ2) is 6.97. The molecule has 2 rings (SSSR count). The van der Waals surface area contributed by atoms with Gasteiger partial charge in [-0.05, 0) is 12.1 Å². The highest BCUT2D eigenvalue weighted by atomic mass is 16.5. The molecular weight excluding hydrogens is 258 g/mol. The van der Waals surface area contributed by atoms with Crippen LogP contribution in [0.5, 0.6) is 0 Å². The molecule has 1 aromatic heterocycles. The molecule has 1 saturated heterocycles. The Morgan fingerprint density at radius 1 is 1.35 bits per heavy atom. The summed E-state index contributed by atoms with van der Waals surface area (Å²) in [5, 5.41) is 0. The van der Waals surface area contributed by atoms with Crippen LogP contribution in [0.25, 0.3) is 0 Å². The second-order valence-electron chi connectivity index (χ2n) is 4.65. The van der Waals surface area contributed by atoms with Crippen molar-refractivity contribution in [1.82, 2.24) is 9.88 Å². The normalized spacial score (nSPS) is 15.8. The van der Waals surface area contributed by atoms with E-state index in [1.165, 1.54) is 0 Å². The van der Waals surface area contributed by atoms with Crippen molar-refractivity contribution in [3.05, 3.63) is 24.0 Å². The fourth-order valence-electron chi connectivity index (χ4n) is 2.00. The van der Waals surface area contributed by atoms with E-state index in [1.807, 2.05) is 0 Å². The highest BCUT2D eigenvalue weighted by molar-refractivity contribution is 5.82. The van der Waals surface area contributed by atoms with Crippen molar-refractivity contribution in [3.63, 3.8) is 0 Å². The quantitative estimate of drug-likeness (QED) is 0.551. The number of pyridine rings is 1. The Labute approximate surface area is 117 Å². The zero-order valence-corrected chi connectivity index (χ0v) is 11.3. The molecule has 0 radical (unpaired) electrons. The number of rotatable bonds is 5. The van der Waals surface area contributed by atoms with Crippen LogP contribution < -0.4 is 11.5 Å². The summed E-state index contributed by atoms with van der Waals surface area (Å²) in [5.41, 5.74) is 11.9. The van der Waals surface area contributed by atoms with E-state index >= 15 is 0 Å². The van der Waals surface area contributed by atoms with Crippen LogP contribution >= 0.6 is 0 Å². The molecule has 108 valence electrons. The molecule has 1 fully saturated rings. The molecule has 7 heteroatoms. The topological polar surface area (TPSA) is 107 Å². The molecule has 7 nitrogen and oxygen atoms in total. The standard InChI is InChI=1S/C13H19N5O2/c14-13(15)17-11-2-1-10(16-8-11)7-12(19)9-18-3-5-20-6-4-18/h1-2,8H,3-7,9H2,(H4,14,15,17). The van der Waals surface area contributed by atoms with Crippen molar-refractivity contribution in [2.75, 3.05) is 32.8 Å². The van der Waals surface area contributed by atoms with E-state index in [-0.39, 0.29) is 11.7 Å². The van der Waals surface area contributed by atoms with E-state index in [4.69, 9.17) is 16.2 Å². The fraction of sp³-hybridized carbons (Fsp3) is 0.462. The lowest BCUT2D eigenvalue weighted by molar-refractivity contribution is -0.120. The van der Waals surface area contributed by atoms with Crippen LogP contribution in [0.1, 0.15) is 5.69 Å². The number of ketones is 1. The zero-order chi connectivity index (χ0) is 14.4. The van der Waals surface area contributed by atoms with Crippen molar-refractivity contribution in [2.24, 2.45) is 16.5 Å². The summed E-state index contributed by atoms with van der Waals surface area (Å²) in [6.07, 6.45) is 1.87. The first-order chi connectivity index (χ1) is 9.63. The van der Waals surface area contributed by atoms with Gasteiger partial charge in [0.1, 0.15) is 0 Å². The highest BCUT2D eigenvalue weighted by Crippen LogP contribution is 2.10. The molecule has 0 saturated carbocycles. The van der Waals surface area contributed by atoms with E-state index in [2.05, 4.69) is 14.9 Å². The summed E-state index contributed by atoms with van der Waals surface area (Å²) in [4.78, 5) is 22.1. The number of aliphatic imine (C=N–C) groups is 1. The SMILES string of the molecule is NC(N)=Nc1ccc(CC(=O)CN2CCOCC2)nc1. The van der Waals surface area contributed by atoms with Gasteiger partial charge >= 0.3 is 0 Å². The van der Waals surface area contributed by atoms with Crippen LogP contribution in [-0.2, 0) is 16.0 Å². The number of nitrogens with zero attached hydrogens (tertiary/aromatic N) is 3. The first-order valence-electron chi connectivity index (χ1n) is 6.50. The van der Waals surface area contributed by atoms with E-state index < -0.39 is 0 Å². The Bertz CT molecular complexity index is 476. The van der Waals surface area contributed by atoms with Crippen molar-refractivity contribution in [3.8, 4) is 0 Å². The molecule has 0 aromatic carbocycles. The minimum Gasteiger partial charge on any atom is -0.379 e. The summed E-state index contributed by atoms with van der Waals surface area (Å²) in [6, 6.07) is 3.50.